The van der Waals surface area contributed by atoms with Gasteiger partial charge >= 0.3 is 0 Å². The molecule has 1 aromatic heterocycles. The molecule has 1 amide bonds. The smallest absolute Gasteiger partial charge is 0.222 e. The van der Waals surface area contributed by atoms with Gasteiger partial charge in [0, 0.05) is 25.6 Å². The van der Waals surface area contributed by atoms with E-state index in [1.165, 1.54) is 5.56 Å². The number of furan rings is 1. The van der Waals surface area contributed by atoms with E-state index in [1.807, 2.05) is 17.9 Å². The predicted molar refractivity (Wildman–Crippen MR) is 79.3 cm³/mol. The zero-order valence-corrected chi connectivity index (χ0v) is 12.8. The van der Waals surface area contributed by atoms with Crippen LogP contribution < -0.4 is 5.32 Å². The summed E-state index contributed by atoms with van der Waals surface area (Å²) in [6, 6.07) is 2.47. The van der Waals surface area contributed by atoms with Crippen molar-refractivity contribution in [2.75, 3.05) is 13.1 Å². The zero-order valence-electron chi connectivity index (χ0n) is 12.8. The Bertz CT molecular complexity index is 441. The molecule has 2 rings (SSSR count). The number of carbonyl (C=O) groups is 1. The molecule has 0 saturated carbocycles. The number of likely N-dealkylation sites (tertiary alicyclic amines) is 1. The summed E-state index contributed by atoms with van der Waals surface area (Å²) >= 11 is 0. The maximum atomic E-state index is 11.8. The van der Waals surface area contributed by atoms with E-state index >= 15 is 0 Å². The molecule has 1 fully saturated rings. The normalized spacial score (nSPS) is 23.1. The minimum Gasteiger partial charge on any atom is -0.468 e. The molecule has 20 heavy (non-hydrogen) atoms. The zero-order chi connectivity index (χ0) is 14.5. The summed E-state index contributed by atoms with van der Waals surface area (Å²) in [7, 11) is 0. The molecule has 0 unspecified atom stereocenters. The average molecular weight is 278 g/mol. The Morgan fingerprint density at radius 1 is 1.50 bits per heavy atom. The first kappa shape index (κ1) is 15.1. The van der Waals surface area contributed by atoms with Gasteiger partial charge in [0.25, 0.3) is 0 Å². The first-order valence-corrected chi connectivity index (χ1v) is 7.69. The number of amides is 1. The number of nitrogens with zero attached hydrogens (tertiary/aromatic N) is 1. The number of hydrogen-bond acceptors (Lipinski definition) is 3. The van der Waals surface area contributed by atoms with Crippen molar-refractivity contribution in [3.05, 3.63) is 23.7 Å². The topological polar surface area (TPSA) is 45.5 Å². The van der Waals surface area contributed by atoms with Crippen LogP contribution >= 0.6 is 0 Å². The van der Waals surface area contributed by atoms with E-state index in [0.29, 0.717) is 18.4 Å². The van der Waals surface area contributed by atoms with Gasteiger partial charge in [0.15, 0.2) is 0 Å². The maximum absolute atomic E-state index is 11.8. The van der Waals surface area contributed by atoms with Gasteiger partial charge in [-0.15, -0.1) is 0 Å². The molecule has 2 heterocycles. The van der Waals surface area contributed by atoms with Gasteiger partial charge in [0.2, 0.25) is 5.91 Å². The largest absolute Gasteiger partial charge is 0.468 e. The molecule has 4 heteroatoms. The summed E-state index contributed by atoms with van der Waals surface area (Å²) in [6.45, 7) is 8.75. The molecule has 2 atom stereocenters. The van der Waals surface area contributed by atoms with Gasteiger partial charge in [-0.25, -0.2) is 0 Å². The van der Waals surface area contributed by atoms with Crippen LogP contribution in [0, 0.1) is 12.8 Å². The minimum atomic E-state index is 0.281. The molecule has 1 N–H and O–H groups in total. The Kier molecular flexibility index (Phi) is 5.24. The average Bonchev–Trinajstić information content (AvgIpc) is 2.89. The summed E-state index contributed by atoms with van der Waals surface area (Å²) < 4.78 is 5.47. The second kappa shape index (κ2) is 6.93. The fourth-order valence-electron chi connectivity index (χ4n) is 2.97. The van der Waals surface area contributed by atoms with Crippen molar-refractivity contribution < 1.29 is 9.21 Å². The van der Waals surface area contributed by atoms with E-state index in [2.05, 4.69) is 19.2 Å². The Morgan fingerprint density at radius 3 is 2.90 bits per heavy atom. The molecular formula is C16H26N2O2. The van der Waals surface area contributed by atoms with E-state index in [-0.39, 0.29) is 5.91 Å². The van der Waals surface area contributed by atoms with Crippen molar-refractivity contribution in [3.8, 4) is 0 Å². The predicted octanol–water partition coefficient (Wildman–Crippen LogP) is 2.71. The summed E-state index contributed by atoms with van der Waals surface area (Å²) in [6.07, 6.45) is 4.48. The monoisotopic (exact) mass is 278 g/mol. The van der Waals surface area contributed by atoms with E-state index in [1.54, 1.807) is 6.26 Å². The SMILES string of the molecule is CCC(=O)N1CC[C@H](NCc2occc2C)[C@H](CC)C1. The van der Waals surface area contributed by atoms with E-state index in [0.717, 1.165) is 38.2 Å². The number of piperidine rings is 1. The van der Waals surface area contributed by atoms with Gasteiger partial charge < -0.3 is 14.6 Å². The maximum Gasteiger partial charge on any atom is 0.222 e. The molecule has 0 aromatic carbocycles. The fraction of sp³-hybridized carbons (Fsp3) is 0.688. The van der Waals surface area contributed by atoms with E-state index in [9.17, 15) is 4.79 Å². The lowest BCUT2D eigenvalue weighted by atomic mass is 9.89. The third-order valence-corrected chi connectivity index (χ3v) is 4.41. The highest BCUT2D eigenvalue weighted by Gasteiger charge is 2.29. The Balaban J connectivity index is 1.89. The highest BCUT2D eigenvalue weighted by Crippen LogP contribution is 2.21. The van der Waals surface area contributed by atoms with E-state index < -0.39 is 0 Å². The molecule has 0 aliphatic carbocycles. The van der Waals surface area contributed by atoms with Crippen molar-refractivity contribution >= 4 is 5.91 Å². The van der Waals surface area contributed by atoms with Crippen molar-refractivity contribution in [1.29, 1.82) is 0 Å². The molecule has 0 spiro atoms. The van der Waals surface area contributed by atoms with E-state index in [4.69, 9.17) is 4.42 Å². The number of rotatable bonds is 5. The van der Waals surface area contributed by atoms with Gasteiger partial charge in [-0.05, 0) is 30.9 Å². The van der Waals surface area contributed by atoms with Crippen molar-refractivity contribution in [2.24, 2.45) is 5.92 Å². The van der Waals surface area contributed by atoms with Gasteiger partial charge in [-0.1, -0.05) is 20.3 Å². The molecule has 1 aliphatic heterocycles. The molecule has 112 valence electrons. The molecule has 1 aliphatic rings. The molecule has 4 nitrogen and oxygen atoms in total. The summed E-state index contributed by atoms with van der Waals surface area (Å²) in [4.78, 5) is 13.8. The molecule has 1 saturated heterocycles. The van der Waals surface area contributed by atoms with Gasteiger partial charge in [-0.3, -0.25) is 4.79 Å². The quantitative estimate of drug-likeness (QED) is 0.900. The second-order valence-electron chi connectivity index (χ2n) is 5.66. The van der Waals surface area contributed by atoms with Crippen molar-refractivity contribution in [2.45, 2.75) is 52.6 Å². The number of carbonyl (C=O) groups excluding carboxylic acids is 1. The minimum absolute atomic E-state index is 0.281. The van der Waals surface area contributed by atoms with Gasteiger partial charge in [-0.2, -0.15) is 0 Å². The van der Waals surface area contributed by atoms with Crippen molar-refractivity contribution in [1.82, 2.24) is 10.2 Å². The summed E-state index contributed by atoms with van der Waals surface area (Å²) in [5.74, 6) is 1.84. The number of aryl methyl sites for hydroxylation is 1. The Morgan fingerprint density at radius 2 is 2.30 bits per heavy atom. The third kappa shape index (κ3) is 3.42. The third-order valence-electron chi connectivity index (χ3n) is 4.41. The summed E-state index contributed by atoms with van der Waals surface area (Å²) in [5, 5.41) is 3.61. The highest BCUT2D eigenvalue weighted by atomic mass is 16.3. The van der Waals surface area contributed by atoms with Crippen LogP contribution in [0.3, 0.4) is 0 Å². The standard InChI is InChI=1S/C16H26N2O2/c1-4-13-11-18(16(19)5-2)8-6-14(13)17-10-15-12(3)7-9-20-15/h7,9,13-14,17H,4-6,8,10-11H2,1-3H3/t13-,14+/m1/s1. The molecule has 0 radical (unpaired) electrons. The fourth-order valence-corrected chi connectivity index (χ4v) is 2.97. The van der Waals surface area contributed by atoms with Crippen LogP contribution in [0.25, 0.3) is 0 Å². The van der Waals surface area contributed by atoms with Crippen LogP contribution in [-0.4, -0.2) is 29.9 Å². The first-order valence-electron chi connectivity index (χ1n) is 7.69. The molecule has 1 aromatic rings. The summed E-state index contributed by atoms with van der Waals surface area (Å²) in [5.41, 5.74) is 1.20. The Hall–Kier alpha value is -1.29. The number of hydrogen-bond donors (Lipinski definition) is 1. The van der Waals surface area contributed by atoms with Crippen LogP contribution in [0.1, 0.15) is 44.4 Å². The Labute approximate surface area is 121 Å². The molecular weight excluding hydrogens is 252 g/mol. The van der Waals surface area contributed by atoms with Crippen LogP contribution in [0.15, 0.2) is 16.7 Å². The molecule has 0 bridgehead atoms. The lowest BCUT2D eigenvalue weighted by Crippen LogP contribution is -2.50. The lowest BCUT2D eigenvalue weighted by molar-refractivity contribution is -0.133. The van der Waals surface area contributed by atoms with Gasteiger partial charge in [0.05, 0.1) is 12.8 Å². The highest BCUT2D eigenvalue weighted by molar-refractivity contribution is 5.75. The van der Waals surface area contributed by atoms with Crippen LogP contribution in [0.5, 0.6) is 0 Å². The first-order chi connectivity index (χ1) is 9.65. The lowest BCUT2D eigenvalue weighted by Gasteiger charge is -2.38. The van der Waals surface area contributed by atoms with Crippen LogP contribution in [-0.2, 0) is 11.3 Å². The second-order valence-corrected chi connectivity index (χ2v) is 5.66. The number of nitrogens with one attached hydrogen (secondary N) is 1. The van der Waals surface area contributed by atoms with Crippen LogP contribution in [0.2, 0.25) is 0 Å². The van der Waals surface area contributed by atoms with Crippen LogP contribution in [0.4, 0.5) is 0 Å². The van der Waals surface area contributed by atoms with Crippen molar-refractivity contribution in [3.63, 3.8) is 0 Å². The van der Waals surface area contributed by atoms with Gasteiger partial charge in [0.1, 0.15) is 5.76 Å².